The summed E-state index contributed by atoms with van der Waals surface area (Å²) >= 11 is 0. The minimum absolute atomic E-state index is 0.355. The number of hydrogen-bond acceptors (Lipinski definition) is 6. The van der Waals surface area contributed by atoms with Crippen LogP contribution in [0.5, 0.6) is 23.0 Å². The second-order valence-corrected chi connectivity index (χ2v) is 9.82. The lowest BCUT2D eigenvalue weighted by atomic mass is 10.1. The second-order valence-electron chi connectivity index (χ2n) is 9.82. The maximum absolute atomic E-state index is 12.5. The van der Waals surface area contributed by atoms with E-state index >= 15 is 0 Å². The molecule has 0 aromatic heterocycles. The molecule has 0 N–H and O–H groups in total. The summed E-state index contributed by atoms with van der Waals surface area (Å²) in [6.07, 6.45) is 11.8. The largest absolute Gasteiger partial charge is 0.494 e. The standard InChI is InChI=1S/C34H42O6/c1-3-5-7-9-10-12-26-38-30-19-15-28(16-20-30)34(36)40-32-23-21-31(22-24-32)39-33(35)27-13-17-29(18-14-27)37-25-11-8-6-4-2/h13-24H,3-12,25-26H2,1-2H3. The third-order valence-electron chi connectivity index (χ3n) is 6.46. The average Bonchev–Trinajstić information content (AvgIpc) is 2.98. The van der Waals surface area contributed by atoms with E-state index in [9.17, 15) is 9.59 Å². The fourth-order valence-corrected chi connectivity index (χ4v) is 4.07. The molecule has 0 unspecified atom stereocenters. The van der Waals surface area contributed by atoms with Crippen LogP contribution in [0.25, 0.3) is 0 Å². The van der Waals surface area contributed by atoms with Crippen LogP contribution in [0, 0.1) is 0 Å². The first-order chi connectivity index (χ1) is 19.6. The van der Waals surface area contributed by atoms with Gasteiger partial charge in [-0.25, -0.2) is 9.59 Å². The van der Waals surface area contributed by atoms with Crippen LogP contribution in [0.2, 0.25) is 0 Å². The number of unbranched alkanes of at least 4 members (excludes halogenated alkanes) is 8. The molecule has 0 aliphatic carbocycles. The van der Waals surface area contributed by atoms with Gasteiger partial charge in [0.25, 0.3) is 0 Å². The van der Waals surface area contributed by atoms with Crippen LogP contribution in [-0.2, 0) is 0 Å². The third-order valence-corrected chi connectivity index (χ3v) is 6.46. The second kappa shape index (κ2) is 17.7. The van der Waals surface area contributed by atoms with Crippen LogP contribution in [0.4, 0.5) is 0 Å². The van der Waals surface area contributed by atoms with E-state index in [1.165, 1.54) is 44.9 Å². The first kappa shape index (κ1) is 30.7. The summed E-state index contributed by atoms with van der Waals surface area (Å²) in [4.78, 5) is 25.1. The molecule has 214 valence electrons. The average molecular weight is 547 g/mol. The molecule has 0 saturated heterocycles. The van der Waals surface area contributed by atoms with Crippen molar-refractivity contribution in [3.63, 3.8) is 0 Å². The van der Waals surface area contributed by atoms with Crippen LogP contribution in [0.1, 0.15) is 98.8 Å². The zero-order chi connectivity index (χ0) is 28.4. The molecular weight excluding hydrogens is 504 g/mol. The molecule has 0 heterocycles. The van der Waals surface area contributed by atoms with Crippen LogP contribution in [0.3, 0.4) is 0 Å². The molecule has 40 heavy (non-hydrogen) atoms. The Labute approximate surface area is 238 Å². The van der Waals surface area contributed by atoms with Crippen molar-refractivity contribution in [3.05, 3.63) is 83.9 Å². The summed E-state index contributed by atoms with van der Waals surface area (Å²) in [5.41, 5.74) is 0.851. The number of rotatable bonds is 18. The van der Waals surface area contributed by atoms with E-state index in [4.69, 9.17) is 18.9 Å². The first-order valence-corrected chi connectivity index (χ1v) is 14.6. The summed E-state index contributed by atoms with van der Waals surface area (Å²) in [5, 5.41) is 0. The maximum Gasteiger partial charge on any atom is 0.343 e. The topological polar surface area (TPSA) is 71.1 Å². The smallest absolute Gasteiger partial charge is 0.343 e. The number of esters is 2. The summed E-state index contributed by atoms with van der Waals surface area (Å²) in [7, 11) is 0. The van der Waals surface area contributed by atoms with Gasteiger partial charge in [-0.1, -0.05) is 65.2 Å². The van der Waals surface area contributed by atoms with Crippen molar-refractivity contribution in [1.29, 1.82) is 0 Å². The molecule has 0 fully saturated rings. The lowest BCUT2D eigenvalue weighted by Gasteiger charge is -2.09. The van der Waals surface area contributed by atoms with Gasteiger partial charge in [0.1, 0.15) is 23.0 Å². The van der Waals surface area contributed by atoms with Crippen molar-refractivity contribution in [2.24, 2.45) is 0 Å². The van der Waals surface area contributed by atoms with Crippen molar-refractivity contribution in [2.75, 3.05) is 13.2 Å². The van der Waals surface area contributed by atoms with Gasteiger partial charge in [-0.05, 0) is 85.6 Å². The van der Waals surface area contributed by atoms with Crippen LogP contribution >= 0.6 is 0 Å². The molecule has 0 atom stereocenters. The van der Waals surface area contributed by atoms with Crippen molar-refractivity contribution in [1.82, 2.24) is 0 Å². The normalized spacial score (nSPS) is 10.7. The zero-order valence-corrected chi connectivity index (χ0v) is 23.9. The molecule has 0 aliphatic rings. The Morgan fingerprint density at radius 1 is 0.450 bits per heavy atom. The summed E-state index contributed by atoms with van der Waals surface area (Å²) < 4.78 is 22.4. The molecular formula is C34H42O6. The van der Waals surface area contributed by atoms with Gasteiger partial charge in [0, 0.05) is 0 Å². The Morgan fingerprint density at radius 2 is 0.775 bits per heavy atom. The Kier molecular flexibility index (Phi) is 13.6. The highest BCUT2D eigenvalue weighted by Crippen LogP contribution is 2.21. The summed E-state index contributed by atoms with van der Waals surface area (Å²) in [6, 6.07) is 20.2. The Morgan fingerprint density at radius 3 is 1.18 bits per heavy atom. The molecule has 0 amide bonds. The first-order valence-electron chi connectivity index (χ1n) is 14.6. The van der Waals surface area contributed by atoms with E-state index in [1.54, 1.807) is 72.8 Å². The van der Waals surface area contributed by atoms with Crippen molar-refractivity contribution < 1.29 is 28.5 Å². The number of hydrogen-bond donors (Lipinski definition) is 0. The fraction of sp³-hybridized carbons (Fsp3) is 0.412. The molecule has 0 bridgehead atoms. The summed E-state index contributed by atoms with van der Waals surface area (Å²) in [6.45, 7) is 5.73. The quantitative estimate of drug-likeness (QED) is 0.0902. The Hall–Kier alpha value is -3.80. The molecule has 0 spiro atoms. The summed E-state index contributed by atoms with van der Waals surface area (Å²) in [5.74, 6) is 1.23. The van der Waals surface area contributed by atoms with E-state index < -0.39 is 11.9 Å². The van der Waals surface area contributed by atoms with Gasteiger partial charge >= 0.3 is 11.9 Å². The predicted octanol–water partition coefficient (Wildman–Crippen LogP) is 8.82. The van der Waals surface area contributed by atoms with Gasteiger partial charge in [0.15, 0.2) is 0 Å². The van der Waals surface area contributed by atoms with Gasteiger partial charge in [0.05, 0.1) is 24.3 Å². The number of ether oxygens (including phenoxy) is 4. The van der Waals surface area contributed by atoms with Crippen LogP contribution in [0.15, 0.2) is 72.8 Å². The molecule has 6 nitrogen and oxygen atoms in total. The predicted molar refractivity (Wildman–Crippen MR) is 158 cm³/mol. The highest BCUT2D eigenvalue weighted by atomic mass is 16.5. The molecule has 0 radical (unpaired) electrons. The molecule has 0 aliphatic heterocycles. The van der Waals surface area contributed by atoms with E-state index in [0.29, 0.717) is 35.8 Å². The molecule has 6 heteroatoms. The van der Waals surface area contributed by atoms with Crippen molar-refractivity contribution in [2.45, 2.75) is 78.1 Å². The van der Waals surface area contributed by atoms with Crippen LogP contribution in [-0.4, -0.2) is 25.2 Å². The number of benzene rings is 3. The zero-order valence-electron chi connectivity index (χ0n) is 23.9. The molecule has 3 aromatic carbocycles. The third kappa shape index (κ3) is 11.1. The van der Waals surface area contributed by atoms with E-state index in [0.717, 1.165) is 30.8 Å². The lowest BCUT2D eigenvalue weighted by molar-refractivity contribution is 0.0719. The molecule has 3 rings (SSSR count). The molecule has 3 aromatic rings. The lowest BCUT2D eigenvalue weighted by Crippen LogP contribution is -2.09. The highest BCUT2D eigenvalue weighted by molar-refractivity contribution is 5.92. The molecule has 0 saturated carbocycles. The Balaban J connectivity index is 1.40. The van der Waals surface area contributed by atoms with E-state index in [2.05, 4.69) is 13.8 Å². The minimum atomic E-state index is -0.474. The van der Waals surface area contributed by atoms with E-state index in [-0.39, 0.29) is 0 Å². The van der Waals surface area contributed by atoms with Gasteiger partial charge < -0.3 is 18.9 Å². The van der Waals surface area contributed by atoms with Gasteiger partial charge in [-0.2, -0.15) is 0 Å². The Bertz CT molecular complexity index is 1140. The van der Waals surface area contributed by atoms with Gasteiger partial charge in [-0.3, -0.25) is 0 Å². The van der Waals surface area contributed by atoms with Crippen molar-refractivity contribution >= 4 is 11.9 Å². The number of carbonyl (C=O) groups excluding carboxylic acids is 2. The van der Waals surface area contributed by atoms with Gasteiger partial charge in [-0.15, -0.1) is 0 Å². The maximum atomic E-state index is 12.5. The van der Waals surface area contributed by atoms with E-state index in [1.807, 2.05) is 0 Å². The van der Waals surface area contributed by atoms with Crippen LogP contribution < -0.4 is 18.9 Å². The highest BCUT2D eigenvalue weighted by Gasteiger charge is 2.12. The monoisotopic (exact) mass is 546 g/mol. The SMILES string of the molecule is CCCCCCCCOc1ccc(C(=O)Oc2ccc(OC(=O)c3ccc(OCCCCCC)cc3)cc2)cc1. The minimum Gasteiger partial charge on any atom is -0.494 e. The van der Waals surface area contributed by atoms with Gasteiger partial charge in [0.2, 0.25) is 0 Å². The fourth-order valence-electron chi connectivity index (χ4n) is 4.07. The van der Waals surface area contributed by atoms with Crippen molar-refractivity contribution in [3.8, 4) is 23.0 Å². The number of carbonyl (C=O) groups is 2.